The normalized spacial score (nSPS) is 18.8. The number of anilines is 1. The number of nitrogens with one attached hydrogen (secondary N) is 1. The van der Waals surface area contributed by atoms with Gasteiger partial charge in [-0.3, -0.25) is 0 Å². The third-order valence-electron chi connectivity index (χ3n) is 2.73. The molecule has 1 saturated heterocycles. The largest absolute Gasteiger partial charge is 0.347 e. The maximum absolute atomic E-state index is 4.55. The second-order valence-corrected chi connectivity index (χ2v) is 4.18. The summed E-state index contributed by atoms with van der Waals surface area (Å²) in [6.07, 6.45) is 5.60. The summed E-state index contributed by atoms with van der Waals surface area (Å²) >= 11 is 0. The molecule has 98 valence electrons. The highest BCUT2D eigenvalue weighted by molar-refractivity contribution is 5.85. The van der Waals surface area contributed by atoms with E-state index in [0.717, 1.165) is 18.2 Å². The van der Waals surface area contributed by atoms with E-state index in [1.165, 1.54) is 19.3 Å². The molecule has 0 amide bonds. The lowest BCUT2D eigenvalue weighted by Crippen LogP contribution is -2.28. The van der Waals surface area contributed by atoms with E-state index in [1.807, 2.05) is 31.3 Å². The monoisotopic (exact) mass is 278 g/mol. The molecule has 2 heterocycles. The van der Waals surface area contributed by atoms with Gasteiger partial charge in [0, 0.05) is 26.3 Å². The summed E-state index contributed by atoms with van der Waals surface area (Å²) in [4.78, 5) is 10.7. The highest BCUT2D eigenvalue weighted by Crippen LogP contribution is 2.21. The Balaban J connectivity index is 0.00000128. The van der Waals surface area contributed by atoms with Gasteiger partial charge in [-0.25, -0.2) is 9.97 Å². The van der Waals surface area contributed by atoms with Crippen LogP contribution in [0.2, 0.25) is 0 Å². The van der Waals surface area contributed by atoms with Gasteiger partial charge in [-0.1, -0.05) is 6.42 Å². The van der Waals surface area contributed by atoms with Crippen LogP contribution in [0.4, 0.5) is 5.95 Å². The zero-order chi connectivity index (χ0) is 10.7. The smallest absolute Gasteiger partial charge is 0.225 e. The van der Waals surface area contributed by atoms with Crippen LogP contribution >= 0.6 is 24.8 Å². The van der Waals surface area contributed by atoms with Crippen molar-refractivity contribution < 1.29 is 0 Å². The van der Waals surface area contributed by atoms with E-state index >= 15 is 0 Å². The van der Waals surface area contributed by atoms with Crippen LogP contribution in [0.3, 0.4) is 0 Å². The van der Waals surface area contributed by atoms with Crippen LogP contribution in [0.1, 0.15) is 31.0 Å². The number of aromatic nitrogens is 2. The maximum atomic E-state index is 4.55. The summed E-state index contributed by atoms with van der Waals surface area (Å²) < 4.78 is 0. The van der Waals surface area contributed by atoms with Gasteiger partial charge in [-0.15, -0.1) is 24.8 Å². The molecule has 1 aromatic heterocycles. The lowest BCUT2D eigenvalue weighted by atomic mass is 10.0. The molecule has 1 aromatic rings. The van der Waals surface area contributed by atoms with Crippen LogP contribution in [-0.4, -0.2) is 30.6 Å². The molecule has 1 N–H and O–H groups in total. The van der Waals surface area contributed by atoms with Gasteiger partial charge in [-0.05, 0) is 25.5 Å². The Kier molecular flexibility index (Phi) is 7.43. The molecule has 0 aromatic carbocycles. The number of rotatable bonds is 2. The Hall–Kier alpha value is -0.580. The van der Waals surface area contributed by atoms with Crippen LogP contribution in [0.5, 0.6) is 0 Å². The molecule has 0 bridgehead atoms. The van der Waals surface area contributed by atoms with Crippen LogP contribution in [0.15, 0.2) is 12.3 Å². The minimum Gasteiger partial charge on any atom is -0.347 e. The van der Waals surface area contributed by atoms with Crippen molar-refractivity contribution in [2.75, 3.05) is 25.5 Å². The number of nitrogens with zero attached hydrogens (tertiary/aromatic N) is 3. The fourth-order valence-electron chi connectivity index (χ4n) is 1.88. The second kappa shape index (κ2) is 7.69. The molecule has 1 unspecified atom stereocenters. The van der Waals surface area contributed by atoms with Crippen molar-refractivity contribution in [3.05, 3.63) is 18.0 Å². The summed E-state index contributed by atoms with van der Waals surface area (Å²) in [6, 6.07) is 2.43. The lowest BCUT2D eigenvalue weighted by molar-refractivity contribution is 0.405. The summed E-state index contributed by atoms with van der Waals surface area (Å²) in [7, 11) is 3.93. The Bertz CT molecular complexity index is 327. The van der Waals surface area contributed by atoms with Crippen molar-refractivity contribution in [3.63, 3.8) is 0 Å². The molecule has 1 aliphatic heterocycles. The second-order valence-electron chi connectivity index (χ2n) is 4.18. The molecular formula is C11H20Cl2N4. The van der Waals surface area contributed by atoms with E-state index in [9.17, 15) is 0 Å². The molecule has 0 radical (unpaired) electrons. The van der Waals surface area contributed by atoms with Crippen LogP contribution in [-0.2, 0) is 0 Å². The van der Waals surface area contributed by atoms with E-state index in [4.69, 9.17) is 0 Å². The number of hydrogen-bond acceptors (Lipinski definition) is 4. The van der Waals surface area contributed by atoms with Crippen molar-refractivity contribution in [3.8, 4) is 0 Å². The number of hydrogen-bond donors (Lipinski definition) is 1. The Morgan fingerprint density at radius 1 is 1.29 bits per heavy atom. The molecule has 4 nitrogen and oxygen atoms in total. The fraction of sp³-hybridized carbons (Fsp3) is 0.636. The topological polar surface area (TPSA) is 41.1 Å². The van der Waals surface area contributed by atoms with Gasteiger partial charge in [0.2, 0.25) is 5.95 Å². The molecule has 1 aliphatic rings. The van der Waals surface area contributed by atoms with Crippen molar-refractivity contribution in [2.45, 2.75) is 25.3 Å². The molecule has 17 heavy (non-hydrogen) atoms. The zero-order valence-corrected chi connectivity index (χ0v) is 11.9. The van der Waals surface area contributed by atoms with Crippen molar-refractivity contribution in [2.24, 2.45) is 0 Å². The van der Waals surface area contributed by atoms with Crippen LogP contribution in [0.25, 0.3) is 0 Å². The lowest BCUT2D eigenvalue weighted by Gasteiger charge is -2.23. The standard InChI is InChI=1S/C11H18N4.2ClH/c1-15(2)11-13-8-6-10(14-11)9-5-3-4-7-12-9;;/h6,8-9,12H,3-5,7H2,1-2H3;2*1H. The first-order valence-corrected chi connectivity index (χ1v) is 5.51. The first-order valence-electron chi connectivity index (χ1n) is 5.51. The van der Waals surface area contributed by atoms with E-state index < -0.39 is 0 Å². The Morgan fingerprint density at radius 2 is 2.06 bits per heavy atom. The zero-order valence-electron chi connectivity index (χ0n) is 10.2. The number of piperidine rings is 1. The van der Waals surface area contributed by atoms with E-state index in [1.54, 1.807) is 0 Å². The summed E-state index contributed by atoms with van der Waals surface area (Å²) in [5.41, 5.74) is 1.12. The molecule has 6 heteroatoms. The van der Waals surface area contributed by atoms with Crippen LogP contribution in [0, 0.1) is 0 Å². The third kappa shape index (κ3) is 4.30. The fourth-order valence-corrected chi connectivity index (χ4v) is 1.88. The van der Waals surface area contributed by atoms with Gasteiger partial charge in [0.25, 0.3) is 0 Å². The molecule has 2 rings (SSSR count). The van der Waals surface area contributed by atoms with E-state index in [0.29, 0.717) is 6.04 Å². The van der Waals surface area contributed by atoms with Crippen molar-refractivity contribution >= 4 is 30.8 Å². The first-order chi connectivity index (χ1) is 7.27. The SMILES string of the molecule is CN(C)c1nccc(C2CCCCN2)n1.Cl.Cl. The summed E-state index contributed by atoms with van der Waals surface area (Å²) in [5, 5.41) is 3.49. The highest BCUT2D eigenvalue weighted by Gasteiger charge is 2.16. The predicted molar refractivity (Wildman–Crippen MR) is 75.4 cm³/mol. The van der Waals surface area contributed by atoms with E-state index in [2.05, 4.69) is 15.3 Å². The average molecular weight is 279 g/mol. The molecule has 0 aliphatic carbocycles. The van der Waals surface area contributed by atoms with Gasteiger partial charge in [0.15, 0.2) is 0 Å². The number of halogens is 2. The predicted octanol–water partition coefficient (Wildman–Crippen LogP) is 2.20. The first kappa shape index (κ1) is 16.4. The minimum absolute atomic E-state index is 0. The maximum Gasteiger partial charge on any atom is 0.225 e. The minimum atomic E-state index is 0. The van der Waals surface area contributed by atoms with Gasteiger partial charge in [-0.2, -0.15) is 0 Å². The summed E-state index contributed by atoms with van der Waals surface area (Å²) in [6.45, 7) is 1.10. The van der Waals surface area contributed by atoms with Gasteiger partial charge < -0.3 is 10.2 Å². The molecule has 1 atom stereocenters. The van der Waals surface area contributed by atoms with Gasteiger partial charge in [0.05, 0.1) is 5.69 Å². The molecule has 0 saturated carbocycles. The van der Waals surface area contributed by atoms with E-state index in [-0.39, 0.29) is 24.8 Å². The van der Waals surface area contributed by atoms with Crippen LogP contribution < -0.4 is 10.2 Å². The average Bonchev–Trinajstić information content (AvgIpc) is 2.30. The third-order valence-corrected chi connectivity index (χ3v) is 2.73. The molecule has 0 spiro atoms. The highest BCUT2D eigenvalue weighted by atomic mass is 35.5. The Labute approximate surface area is 115 Å². The quantitative estimate of drug-likeness (QED) is 0.901. The molecular weight excluding hydrogens is 259 g/mol. The van der Waals surface area contributed by atoms with Gasteiger partial charge in [0.1, 0.15) is 0 Å². The van der Waals surface area contributed by atoms with Gasteiger partial charge >= 0.3 is 0 Å². The Morgan fingerprint density at radius 3 is 2.65 bits per heavy atom. The van der Waals surface area contributed by atoms with Crippen molar-refractivity contribution in [1.29, 1.82) is 0 Å². The van der Waals surface area contributed by atoms with Crippen molar-refractivity contribution in [1.82, 2.24) is 15.3 Å². The summed E-state index contributed by atoms with van der Waals surface area (Å²) in [5.74, 6) is 0.792. The molecule has 1 fully saturated rings.